The maximum Gasteiger partial charge on any atom is 0.407 e. The van der Waals surface area contributed by atoms with Gasteiger partial charge in [0, 0.05) is 20.7 Å². The Morgan fingerprint density at radius 1 is 1.69 bits per heavy atom. The van der Waals surface area contributed by atoms with Crippen molar-refractivity contribution in [2.45, 2.75) is 18.6 Å². The van der Waals surface area contributed by atoms with E-state index >= 15 is 0 Å². The lowest BCUT2D eigenvalue weighted by molar-refractivity contribution is 0.0109. The van der Waals surface area contributed by atoms with Crippen molar-refractivity contribution in [1.82, 2.24) is 10.2 Å². The van der Waals surface area contributed by atoms with Crippen LogP contribution in [0, 0.1) is 0 Å². The number of piperidine rings is 1. The number of amides is 1. The van der Waals surface area contributed by atoms with Crippen LogP contribution in [0.4, 0.5) is 4.79 Å². The Hall–Kier alpha value is -0.810. The molecule has 13 heavy (non-hydrogen) atoms. The average molecular weight is 188 g/mol. The zero-order chi connectivity index (χ0) is 9.84. The zero-order valence-electron chi connectivity index (χ0n) is 7.99. The number of nitrogens with one attached hydrogen (secondary N) is 1. The summed E-state index contributed by atoms with van der Waals surface area (Å²) in [7, 11) is 3.20. The summed E-state index contributed by atoms with van der Waals surface area (Å²) in [5.41, 5.74) is 0. The molecule has 1 fully saturated rings. The predicted octanol–water partition coefficient (Wildman–Crippen LogP) is -0.0269. The Kier molecular flexibility index (Phi) is 3.50. The van der Waals surface area contributed by atoms with E-state index in [4.69, 9.17) is 9.84 Å². The molecule has 2 atom stereocenters. The lowest BCUT2D eigenvalue weighted by Gasteiger charge is -2.35. The highest BCUT2D eigenvalue weighted by atomic mass is 16.5. The van der Waals surface area contributed by atoms with Gasteiger partial charge in [-0.1, -0.05) is 0 Å². The lowest BCUT2D eigenvalue weighted by atomic mass is 10.0. The van der Waals surface area contributed by atoms with Gasteiger partial charge in [0.2, 0.25) is 0 Å². The SMILES string of the molecule is CO[C@@H]1CNCC[C@H]1N(C)C(=O)O. The molecule has 0 saturated carbocycles. The maximum absolute atomic E-state index is 10.7. The molecule has 0 aromatic heterocycles. The quantitative estimate of drug-likeness (QED) is 0.639. The van der Waals surface area contributed by atoms with E-state index in [1.165, 1.54) is 4.90 Å². The molecule has 1 aliphatic rings. The van der Waals surface area contributed by atoms with Gasteiger partial charge < -0.3 is 20.1 Å². The molecule has 0 spiro atoms. The molecular formula is C8H16N2O3. The second kappa shape index (κ2) is 4.43. The monoisotopic (exact) mass is 188 g/mol. The van der Waals surface area contributed by atoms with Crippen molar-refractivity contribution < 1.29 is 14.6 Å². The molecule has 1 amide bonds. The van der Waals surface area contributed by atoms with E-state index in [1.807, 2.05) is 0 Å². The third-order valence-electron chi connectivity index (χ3n) is 2.49. The molecule has 5 nitrogen and oxygen atoms in total. The lowest BCUT2D eigenvalue weighted by Crippen LogP contribution is -2.53. The highest BCUT2D eigenvalue weighted by Gasteiger charge is 2.30. The van der Waals surface area contributed by atoms with Crippen LogP contribution in [0.1, 0.15) is 6.42 Å². The van der Waals surface area contributed by atoms with Gasteiger partial charge in [0.1, 0.15) is 0 Å². The van der Waals surface area contributed by atoms with Crippen molar-refractivity contribution in [1.29, 1.82) is 0 Å². The van der Waals surface area contributed by atoms with E-state index < -0.39 is 6.09 Å². The van der Waals surface area contributed by atoms with Crippen LogP contribution in [0.25, 0.3) is 0 Å². The number of nitrogens with zero attached hydrogens (tertiary/aromatic N) is 1. The van der Waals surface area contributed by atoms with Gasteiger partial charge in [-0.05, 0) is 13.0 Å². The minimum Gasteiger partial charge on any atom is -0.465 e. The van der Waals surface area contributed by atoms with E-state index in [1.54, 1.807) is 14.2 Å². The first-order valence-corrected chi connectivity index (χ1v) is 4.36. The van der Waals surface area contributed by atoms with Gasteiger partial charge in [-0.25, -0.2) is 4.79 Å². The molecule has 0 unspecified atom stereocenters. The van der Waals surface area contributed by atoms with E-state index in [0.717, 1.165) is 19.5 Å². The van der Waals surface area contributed by atoms with Crippen molar-refractivity contribution in [3.05, 3.63) is 0 Å². The van der Waals surface area contributed by atoms with Crippen LogP contribution in [0.2, 0.25) is 0 Å². The van der Waals surface area contributed by atoms with Crippen molar-refractivity contribution in [2.24, 2.45) is 0 Å². The van der Waals surface area contributed by atoms with Gasteiger partial charge in [0.15, 0.2) is 0 Å². The molecule has 5 heteroatoms. The average Bonchev–Trinajstić information content (AvgIpc) is 2.16. The molecule has 0 bridgehead atoms. The Bertz CT molecular complexity index is 186. The number of carbonyl (C=O) groups is 1. The number of rotatable bonds is 2. The molecule has 0 aliphatic carbocycles. The number of hydrogen-bond donors (Lipinski definition) is 2. The van der Waals surface area contributed by atoms with Crippen LogP contribution in [-0.2, 0) is 4.74 Å². The van der Waals surface area contributed by atoms with Gasteiger partial charge in [0.25, 0.3) is 0 Å². The molecule has 1 saturated heterocycles. The highest BCUT2D eigenvalue weighted by Crippen LogP contribution is 2.13. The van der Waals surface area contributed by atoms with Crippen LogP contribution in [0.5, 0.6) is 0 Å². The van der Waals surface area contributed by atoms with Crippen molar-refractivity contribution in [3.8, 4) is 0 Å². The summed E-state index contributed by atoms with van der Waals surface area (Å²) < 4.78 is 5.21. The Morgan fingerprint density at radius 2 is 2.38 bits per heavy atom. The van der Waals surface area contributed by atoms with E-state index in [2.05, 4.69) is 5.32 Å². The smallest absolute Gasteiger partial charge is 0.407 e. The molecule has 0 aromatic carbocycles. The number of methoxy groups -OCH3 is 1. The Morgan fingerprint density at radius 3 is 2.92 bits per heavy atom. The third-order valence-corrected chi connectivity index (χ3v) is 2.49. The summed E-state index contributed by atoms with van der Waals surface area (Å²) in [5.74, 6) is 0. The number of hydrogen-bond acceptors (Lipinski definition) is 3. The van der Waals surface area contributed by atoms with Gasteiger partial charge in [-0.15, -0.1) is 0 Å². The minimum atomic E-state index is -0.894. The first-order valence-electron chi connectivity index (χ1n) is 4.36. The van der Waals surface area contributed by atoms with E-state index in [-0.39, 0.29) is 12.1 Å². The van der Waals surface area contributed by atoms with Gasteiger partial charge in [-0.2, -0.15) is 0 Å². The number of likely N-dealkylation sites (N-methyl/N-ethyl adjacent to an activating group) is 1. The van der Waals surface area contributed by atoms with Gasteiger partial charge in [-0.3, -0.25) is 0 Å². The number of ether oxygens (including phenoxy) is 1. The topological polar surface area (TPSA) is 61.8 Å². The largest absolute Gasteiger partial charge is 0.465 e. The molecular weight excluding hydrogens is 172 g/mol. The molecule has 1 heterocycles. The van der Waals surface area contributed by atoms with E-state index in [0.29, 0.717) is 0 Å². The summed E-state index contributed by atoms with van der Waals surface area (Å²) in [5, 5.41) is 12.0. The first kappa shape index (κ1) is 10.3. The number of carboxylic acid groups (broad SMARTS) is 1. The maximum atomic E-state index is 10.7. The van der Waals surface area contributed by atoms with Crippen molar-refractivity contribution in [3.63, 3.8) is 0 Å². The third kappa shape index (κ3) is 2.32. The second-order valence-electron chi connectivity index (χ2n) is 3.23. The highest BCUT2D eigenvalue weighted by molar-refractivity contribution is 5.65. The summed E-state index contributed by atoms with van der Waals surface area (Å²) in [4.78, 5) is 12.0. The van der Waals surface area contributed by atoms with Crippen molar-refractivity contribution in [2.75, 3.05) is 27.2 Å². The van der Waals surface area contributed by atoms with Crippen LogP contribution in [-0.4, -0.2) is 55.5 Å². The fourth-order valence-electron chi connectivity index (χ4n) is 1.64. The standard InChI is InChI=1S/C8H16N2O3/c1-10(8(11)12)6-3-4-9-5-7(6)13-2/h6-7,9H,3-5H2,1-2H3,(H,11,12)/t6-,7-/m1/s1. The fraction of sp³-hybridized carbons (Fsp3) is 0.875. The Balaban J connectivity index is 2.58. The predicted molar refractivity (Wildman–Crippen MR) is 47.9 cm³/mol. The zero-order valence-corrected chi connectivity index (χ0v) is 7.99. The fourth-order valence-corrected chi connectivity index (χ4v) is 1.64. The Labute approximate surface area is 77.7 Å². The van der Waals surface area contributed by atoms with Crippen LogP contribution in [0.15, 0.2) is 0 Å². The second-order valence-corrected chi connectivity index (χ2v) is 3.23. The van der Waals surface area contributed by atoms with Crippen LogP contribution < -0.4 is 5.32 Å². The van der Waals surface area contributed by atoms with E-state index in [9.17, 15) is 4.79 Å². The molecule has 1 rings (SSSR count). The van der Waals surface area contributed by atoms with Crippen LogP contribution in [0.3, 0.4) is 0 Å². The van der Waals surface area contributed by atoms with Crippen LogP contribution >= 0.6 is 0 Å². The minimum absolute atomic E-state index is 0.0243. The normalized spacial score (nSPS) is 28.5. The summed E-state index contributed by atoms with van der Waals surface area (Å²) >= 11 is 0. The molecule has 76 valence electrons. The first-order chi connectivity index (χ1) is 6.16. The molecule has 0 radical (unpaired) electrons. The summed E-state index contributed by atoms with van der Waals surface area (Å²) in [6.07, 6.45) is -0.120. The molecule has 1 aliphatic heterocycles. The van der Waals surface area contributed by atoms with Gasteiger partial charge >= 0.3 is 6.09 Å². The summed E-state index contributed by atoms with van der Waals surface area (Å²) in [6, 6.07) is -0.0243. The summed E-state index contributed by atoms with van der Waals surface area (Å²) in [6.45, 7) is 1.57. The molecule has 0 aromatic rings. The van der Waals surface area contributed by atoms with Crippen molar-refractivity contribution >= 4 is 6.09 Å². The van der Waals surface area contributed by atoms with Gasteiger partial charge in [0.05, 0.1) is 12.1 Å². The molecule has 2 N–H and O–H groups in total.